The first-order chi connectivity index (χ1) is 9.24. The third-order valence-corrected chi connectivity index (χ3v) is 3.21. The molecule has 0 fully saturated rings. The van der Waals surface area contributed by atoms with Crippen molar-refractivity contribution in [3.8, 4) is 0 Å². The minimum Gasteiger partial charge on any atom is -0.399 e. The molecule has 2 aromatic carbocycles. The number of pyridine rings is 1. The van der Waals surface area contributed by atoms with Crippen molar-refractivity contribution in [1.82, 2.24) is 4.98 Å². The van der Waals surface area contributed by atoms with E-state index in [-0.39, 0.29) is 0 Å². The Labute approximate surface area is 116 Å². The van der Waals surface area contributed by atoms with E-state index in [4.69, 9.17) is 17.3 Å². The number of para-hydroxylation sites is 1. The molecule has 3 aromatic rings. The summed E-state index contributed by atoms with van der Waals surface area (Å²) >= 11 is 6.17. The highest BCUT2D eigenvalue weighted by molar-refractivity contribution is 6.33. The molecule has 0 aliphatic carbocycles. The van der Waals surface area contributed by atoms with E-state index >= 15 is 0 Å². The maximum atomic E-state index is 6.17. The molecular weight excluding hydrogens is 258 g/mol. The molecule has 0 saturated carbocycles. The first-order valence-electron chi connectivity index (χ1n) is 5.90. The third-order valence-electron chi connectivity index (χ3n) is 2.90. The van der Waals surface area contributed by atoms with Crippen LogP contribution < -0.4 is 11.1 Å². The summed E-state index contributed by atoms with van der Waals surface area (Å²) in [7, 11) is 0. The lowest BCUT2D eigenvalue weighted by molar-refractivity contribution is 1.40. The number of aromatic nitrogens is 1. The number of nitrogens with one attached hydrogen (secondary N) is 1. The van der Waals surface area contributed by atoms with Gasteiger partial charge in [-0.2, -0.15) is 0 Å². The Kier molecular flexibility index (Phi) is 2.97. The topological polar surface area (TPSA) is 50.9 Å². The monoisotopic (exact) mass is 269 g/mol. The molecule has 0 aliphatic rings. The van der Waals surface area contributed by atoms with Gasteiger partial charge in [0.25, 0.3) is 0 Å². The SMILES string of the molecule is Nc1ccc(Nc2cccc3cccnc23)c(Cl)c1. The Balaban J connectivity index is 2.06. The van der Waals surface area contributed by atoms with E-state index in [2.05, 4.69) is 10.3 Å². The number of nitrogen functional groups attached to an aromatic ring is 1. The molecule has 4 heteroatoms. The Bertz CT molecular complexity index is 735. The fraction of sp³-hybridized carbons (Fsp3) is 0. The van der Waals surface area contributed by atoms with Crippen molar-refractivity contribution >= 4 is 39.6 Å². The van der Waals surface area contributed by atoms with Gasteiger partial charge >= 0.3 is 0 Å². The van der Waals surface area contributed by atoms with E-state index in [1.165, 1.54) is 0 Å². The Morgan fingerprint density at radius 3 is 2.68 bits per heavy atom. The van der Waals surface area contributed by atoms with Gasteiger partial charge in [0, 0.05) is 17.3 Å². The van der Waals surface area contributed by atoms with Gasteiger partial charge in [0.15, 0.2) is 0 Å². The number of hydrogen-bond acceptors (Lipinski definition) is 3. The first-order valence-corrected chi connectivity index (χ1v) is 6.27. The maximum absolute atomic E-state index is 6.17. The molecule has 3 rings (SSSR count). The fourth-order valence-electron chi connectivity index (χ4n) is 1.98. The zero-order valence-electron chi connectivity index (χ0n) is 10.1. The maximum Gasteiger partial charge on any atom is 0.0936 e. The zero-order chi connectivity index (χ0) is 13.2. The lowest BCUT2D eigenvalue weighted by Crippen LogP contribution is -1.94. The Morgan fingerprint density at radius 1 is 1.00 bits per heavy atom. The van der Waals surface area contributed by atoms with Crippen LogP contribution in [0.25, 0.3) is 10.9 Å². The standard InChI is InChI=1S/C15H12ClN3/c16-12-9-11(17)6-7-13(12)19-14-5-1-3-10-4-2-8-18-15(10)14/h1-9,19H,17H2. The number of fused-ring (bicyclic) bond motifs is 1. The van der Waals surface area contributed by atoms with Crippen molar-refractivity contribution in [3.05, 3.63) is 59.8 Å². The molecule has 0 saturated heterocycles. The molecule has 0 radical (unpaired) electrons. The second kappa shape index (κ2) is 4.78. The first kappa shape index (κ1) is 11.8. The largest absolute Gasteiger partial charge is 0.399 e. The van der Waals surface area contributed by atoms with E-state index in [9.17, 15) is 0 Å². The van der Waals surface area contributed by atoms with E-state index in [0.717, 1.165) is 22.3 Å². The van der Waals surface area contributed by atoms with Crippen molar-refractivity contribution in [2.75, 3.05) is 11.1 Å². The molecular formula is C15H12ClN3. The van der Waals surface area contributed by atoms with E-state index in [0.29, 0.717) is 10.7 Å². The summed E-state index contributed by atoms with van der Waals surface area (Å²) in [4.78, 5) is 4.39. The summed E-state index contributed by atoms with van der Waals surface area (Å²) in [6.07, 6.45) is 1.78. The predicted octanol–water partition coefficient (Wildman–Crippen LogP) is 4.21. The van der Waals surface area contributed by atoms with Crippen molar-refractivity contribution in [1.29, 1.82) is 0 Å². The van der Waals surface area contributed by atoms with Gasteiger partial charge in [-0.15, -0.1) is 0 Å². The van der Waals surface area contributed by atoms with E-state index in [1.54, 1.807) is 12.3 Å². The molecule has 1 heterocycles. The summed E-state index contributed by atoms with van der Waals surface area (Å²) in [6, 6.07) is 15.3. The summed E-state index contributed by atoms with van der Waals surface area (Å²) in [5, 5.41) is 4.97. The van der Waals surface area contributed by atoms with Gasteiger partial charge in [0.05, 0.1) is 21.9 Å². The van der Waals surface area contributed by atoms with Crippen LogP contribution in [0.3, 0.4) is 0 Å². The van der Waals surface area contributed by atoms with Gasteiger partial charge in [0.1, 0.15) is 0 Å². The van der Waals surface area contributed by atoms with Crippen LogP contribution in [0.4, 0.5) is 17.1 Å². The van der Waals surface area contributed by atoms with Gasteiger partial charge in [-0.1, -0.05) is 29.8 Å². The van der Waals surface area contributed by atoms with E-state index < -0.39 is 0 Å². The predicted molar refractivity (Wildman–Crippen MR) is 80.9 cm³/mol. The second-order valence-electron chi connectivity index (χ2n) is 4.24. The van der Waals surface area contributed by atoms with Crippen molar-refractivity contribution in [3.63, 3.8) is 0 Å². The molecule has 1 aromatic heterocycles. The van der Waals surface area contributed by atoms with Crippen LogP contribution in [-0.4, -0.2) is 4.98 Å². The highest BCUT2D eigenvalue weighted by atomic mass is 35.5. The fourth-order valence-corrected chi connectivity index (χ4v) is 2.22. The normalized spacial score (nSPS) is 10.6. The van der Waals surface area contributed by atoms with Crippen LogP contribution >= 0.6 is 11.6 Å². The Hall–Kier alpha value is -2.26. The van der Waals surface area contributed by atoms with Gasteiger partial charge < -0.3 is 11.1 Å². The zero-order valence-corrected chi connectivity index (χ0v) is 10.9. The lowest BCUT2D eigenvalue weighted by atomic mass is 10.2. The molecule has 0 atom stereocenters. The third kappa shape index (κ3) is 2.33. The minimum absolute atomic E-state index is 0.591. The number of halogens is 1. The highest BCUT2D eigenvalue weighted by Gasteiger charge is 2.05. The molecule has 19 heavy (non-hydrogen) atoms. The summed E-state index contributed by atoms with van der Waals surface area (Å²) in [5.41, 5.74) is 8.98. The van der Waals surface area contributed by atoms with Gasteiger partial charge in [0.2, 0.25) is 0 Å². The lowest BCUT2D eigenvalue weighted by Gasteiger charge is -2.10. The van der Waals surface area contributed by atoms with Crippen molar-refractivity contribution in [2.24, 2.45) is 0 Å². The number of nitrogens with zero attached hydrogens (tertiary/aromatic N) is 1. The van der Waals surface area contributed by atoms with Crippen LogP contribution in [0.15, 0.2) is 54.7 Å². The molecule has 0 unspecified atom stereocenters. The average molecular weight is 270 g/mol. The van der Waals surface area contributed by atoms with Crippen molar-refractivity contribution < 1.29 is 0 Å². The Morgan fingerprint density at radius 2 is 1.84 bits per heavy atom. The smallest absolute Gasteiger partial charge is 0.0936 e. The molecule has 0 spiro atoms. The van der Waals surface area contributed by atoms with Gasteiger partial charge in [-0.3, -0.25) is 4.98 Å². The molecule has 0 amide bonds. The van der Waals surface area contributed by atoms with Gasteiger partial charge in [-0.25, -0.2) is 0 Å². The second-order valence-corrected chi connectivity index (χ2v) is 4.65. The van der Waals surface area contributed by atoms with Crippen LogP contribution in [0, 0.1) is 0 Å². The molecule has 3 N–H and O–H groups in total. The van der Waals surface area contributed by atoms with Crippen LogP contribution in [0.5, 0.6) is 0 Å². The van der Waals surface area contributed by atoms with Crippen molar-refractivity contribution in [2.45, 2.75) is 0 Å². The quantitative estimate of drug-likeness (QED) is 0.685. The van der Waals surface area contributed by atoms with Gasteiger partial charge in [-0.05, 0) is 30.3 Å². The summed E-state index contributed by atoms with van der Waals surface area (Å²) in [5.74, 6) is 0. The number of anilines is 3. The minimum atomic E-state index is 0.591. The summed E-state index contributed by atoms with van der Waals surface area (Å²) in [6.45, 7) is 0. The number of nitrogens with two attached hydrogens (primary N) is 1. The number of hydrogen-bond donors (Lipinski definition) is 2. The average Bonchev–Trinajstić information content (AvgIpc) is 2.42. The number of rotatable bonds is 2. The van der Waals surface area contributed by atoms with E-state index in [1.807, 2.05) is 42.5 Å². The summed E-state index contributed by atoms with van der Waals surface area (Å²) < 4.78 is 0. The molecule has 3 nitrogen and oxygen atoms in total. The molecule has 94 valence electrons. The van der Waals surface area contributed by atoms with Crippen LogP contribution in [-0.2, 0) is 0 Å². The highest BCUT2D eigenvalue weighted by Crippen LogP contribution is 2.30. The molecule has 0 aliphatic heterocycles. The number of benzene rings is 2. The molecule has 0 bridgehead atoms. The van der Waals surface area contributed by atoms with Crippen LogP contribution in [0.1, 0.15) is 0 Å². The van der Waals surface area contributed by atoms with Crippen LogP contribution in [0.2, 0.25) is 5.02 Å².